The number of phenolic OH excluding ortho intramolecular Hbond substituents is 1. The lowest BCUT2D eigenvalue weighted by Crippen LogP contribution is -2.43. The van der Waals surface area contributed by atoms with Crippen LogP contribution in [0.5, 0.6) is 11.8 Å². The van der Waals surface area contributed by atoms with E-state index < -0.39 is 17.6 Å². The molecule has 0 amide bonds. The van der Waals surface area contributed by atoms with Gasteiger partial charge in [-0.1, -0.05) is 19.9 Å². The Morgan fingerprint density at radius 1 is 1.20 bits per heavy atom. The zero-order chi connectivity index (χ0) is 31.3. The highest BCUT2D eigenvalue weighted by molar-refractivity contribution is 6.01. The lowest BCUT2D eigenvalue weighted by molar-refractivity contribution is 0.107. The van der Waals surface area contributed by atoms with E-state index >= 15 is 4.39 Å². The molecule has 3 aliphatic heterocycles. The van der Waals surface area contributed by atoms with Gasteiger partial charge in [-0.3, -0.25) is 9.88 Å². The third kappa shape index (κ3) is 5.20. The fourth-order valence-corrected chi connectivity index (χ4v) is 7.65. The Labute approximate surface area is 260 Å². The average molecular weight is 615 g/mol. The Hall–Kier alpha value is -4.14. The number of aromatic nitrogens is 3. The summed E-state index contributed by atoms with van der Waals surface area (Å²) < 4.78 is 43.8. The van der Waals surface area contributed by atoms with Crippen molar-refractivity contribution in [1.82, 2.24) is 19.9 Å². The minimum Gasteiger partial charge on any atom is -0.508 e. The van der Waals surface area contributed by atoms with Crippen molar-refractivity contribution in [3.8, 4) is 29.1 Å². The molecule has 5 heterocycles. The molecule has 0 spiro atoms. The van der Waals surface area contributed by atoms with Gasteiger partial charge >= 0.3 is 6.01 Å². The van der Waals surface area contributed by atoms with Gasteiger partial charge in [-0.25, -0.2) is 8.78 Å². The zero-order valence-corrected chi connectivity index (χ0v) is 25.5. The Kier molecular flexibility index (Phi) is 7.66. The van der Waals surface area contributed by atoms with Gasteiger partial charge in [-0.05, 0) is 72.7 Å². The van der Waals surface area contributed by atoms with Crippen LogP contribution in [0.3, 0.4) is 0 Å². The second kappa shape index (κ2) is 11.7. The van der Waals surface area contributed by atoms with Gasteiger partial charge < -0.3 is 19.5 Å². The number of hydrogen-bond acceptors (Lipinski definition) is 9. The predicted octanol–water partition coefficient (Wildman–Crippen LogP) is 5.62. The van der Waals surface area contributed by atoms with Crippen molar-refractivity contribution in [2.75, 3.05) is 50.9 Å². The fraction of sp³-hybridized carbons (Fsp3) is 0.471. The maximum Gasteiger partial charge on any atom is 0.319 e. The molecule has 2 aromatic heterocycles. The first-order chi connectivity index (χ1) is 21.8. The van der Waals surface area contributed by atoms with Crippen LogP contribution >= 0.6 is 0 Å². The van der Waals surface area contributed by atoms with E-state index in [1.165, 1.54) is 24.4 Å². The Morgan fingerprint density at radius 2 is 2.07 bits per heavy atom. The molecule has 0 bridgehead atoms. The number of nitrogens with zero attached hydrogens (tertiary/aromatic N) is 6. The molecule has 45 heavy (non-hydrogen) atoms. The van der Waals surface area contributed by atoms with Crippen molar-refractivity contribution in [3.63, 3.8) is 0 Å². The molecule has 11 heteroatoms. The number of benzene rings is 2. The van der Waals surface area contributed by atoms with Crippen LogP contribution in [0.2, 0.25) is 0 Å². The first-order valence-electron chi connectivity index (χ1n) is 15.7. The van der Waals surface area contributed by atoms with Gasteiger partial charge in [0.2, 0.25) is 0 Å². The Morgan fingerprint density at radius 3 is 2.89 bits per heavy atom. The molecular formula is C34H36F2N6O3. The van der Waals surface area contributed by atoms with E-state index in [9.17, 15) is 14.8 Å². The molecule has 7 rings (SSSR count). The van der Waals surface area contributed by atoms with E-state index in [4.69, 9.17) is 14.5 Å². The van der Waals surface area contributed by atoms with Gasteiger partial charge in [0.15, 0.2) is 5.82 Å². The van der Waals surface area contributed by atoms with Gasteiger partial charge in [-0.15, -0.1) is 0 Å². The van der Waals surface area contributed by atoms with Gasteiger partial charge in [0.1, 0.15) is 35.2 Å². The van der Waals surface area contributed by atoms with E-state index in [0.717, 1.165) is 32.4 Å². The van der Waals surface area contributed by atoms with Crippen molar-refractivity contribution in [1.29, 1.82) is 5.26 Å². The molecule has 0 aliphatic carbocycles. The van der Waals surface area contributed by atoms with Gasteiger partial charge in [0.25, 0.3) is 0 Å². The van der Waals surface area contributed by atoms with Crippen LogP contribution in [0.1, 0.15) is 38.7 Å². The van der Waals surface area contributed by atoms with Crippen LogP contribution in [0.15, 0.2) is 30.5 Å². The number of pyridine rings is 1. The van der Waals surface area contributed by atoms with Crippen LogP contribution in [-0.2, 0) is 11.2 Å². The predicted molar refractivity (Wildman–Crippen MR) is 166 cm³/mol. The normalized spacial score (nSPS) is 23.8. The van der Waals surface area contributed by atoms with Crippen molar-refractivity contribution in [2.24, 2.45) is 11.8 Å². The molecule has 0 radical (unpaired) electrons. The largest absolute Gasteiger partial charge is 0.508 e. The maximum atomic E-state index is 16.8. The molecule has 1 N–H and O–H groups in total. The smallest absolute Gasteiger partial charge is 0.319 e. The zero-order valence-electron chi connectivity index (χ0n) is 25.5. The van der Waals surface area contributed by atoms with Crippen LogP contribution in [-0.4, -0.2) is 76.5 Å². The number of nitriles is 1. The van der Waals surface area contributed by atoms with E-state index in [1.54, 1.807) is 6.07 Å². The van der Waals surface area contributed by atoms with Crippen LogP contribution in [0.4, 0.5) is 14.6 Å². The number of aryl methyl sites for hydroxylation is 1. The molecule has 3 saturated heterocycles. The standard InChI is InChI=1S/C34H36F2N6O3/c1-3-24-27(35)6-5-22-11-23(43)12-25(28(22)24)30-29(36)31-26(15-38-30)32(41-9-10-44-18-21(14-37)17-41)40-33(39-31)45-19-34-7-4-8-42(34)16-20(2)13-34/h5-6,11-12,15,20-21,43H,3-4,7-10,13,16-19H2,1-2H3/t20-,21?,34+/m1/s1. The molecule has 1 unspecified atom stereocenters. The van der Waals surface area contributed by atoms with E-state index in [0.29, 0.717) is 72.8 Å². The summed E-state index contributed by atoms with van der Waals surface area (Å²) in [4.78, 5) is 18.3. The summed E-state index contributed by atoms with van der Waals surface area (Å²) in [6.07, 6.45) is 5.02. The second-order valence-corrected chi connectivity index (χ2v) is 12.7. The number of halogens is 2. The number of phenols is 1. The molecule has 234 valence electrons. The number of rotatable bonds is 6. The van der Waals surface area contributed by atoms with Gasteiger partial charge in [-0.2, -0.15) is 15.2 Å². The molecule has 3 fully saturated rings. The monoisotopic (exact) mass is 614 g/mol. The molecule has 9 nitrogen and oxygen atoms in total. The lowest BCUT2D eigenvalue weighted by atomic mass is 9.92. The summed E-state index contributed by atoms with van der Waals surface area (Å²) in [5.74, 6) is -0.639. The molecule has 2 aromatic carbocycles. The molecule has 0 saturated carbocycles. The summed E-state index contributed by atoms with van der Waals surface area (Å²) in [6.45, 7) is 8.00. The lowest BCUT2D eigenvalue weighted by Gasteiger charge is -2.31. The van der Waals surface area contributed by atoms with E-state index in [-0.39, 0.29) is 34.1 Å². The van der Waals surface area contributed by atoms with Crippen molar-refractivity contribution < 1.29 is 23.4 Å². The summed E-state index contributed by atoms with van der Waals surface area (Å²) in [7, 11) is 0. The number of fused-ring (bicyclic) bond motifs is 3. The van der Waals surface area contributed by atoms with Crippen LogP contribution < -0.4 is 9.64 Å². The van der Waals surface area contributed by atoms with Gasteiger partial charge in [0, 0.05) is 31.4 Å². The Bertz CT molecular complexity index is 1830. The summed E-state index contributed by atoms with van der Waals surface area (Å²) in [5.41, 5.74) is 0.540. The highest BCUT2D eigenvalue weighted by Gasteiger charge is 2.47. The fourth-order valence-electron chi connectivity index (χ4n) is 7.65. The SMILES string of the molecule is CCc1c(F)ccc2cc(O)cc(-c3ncc4c(N5CCOCC(C#N)C5)nc(OC[C@@]56CCCN5C[C@H](C)C6)nc4c3F)c12. The summed E-state index contributed by atoms with van der Waals surface area (Å²) in [6, 6.07) is 8.21. The maximum absolute atomic E-state index is 16.8. The second-order valence-electron chi connectivity index (χ2n) is 12.7. The first-order valence-corrected chi connectivity index (χ1v) is 15.7. The molecular weight excluding hydrogens is 578 g/mol. The van der Waals surface area contributed by atoms with Crippen molar-refractivity contribution >= 4 is 27.5 Å². The first kappa shape index (κ1) is 29.6. The number of aromatic hydroxyl groups is 1. The number of hydrogen-bond donors (Lipinski definition) is 1. The van der Waals surface area contributed by atoms with Crippen LogP contribution in [0.25, 0.3) is 32.9 Å². The number of ether oxygens (including phenoxy) is 2. The molecule has 3 atom stereocenters. The van der Waals surface area contributed by atoms with Crippen LogP contribution in [0, 0.1) is 34.8 Å². The Balaban J connectivity index is 1.38. The highest BCUT2D eigenvalue weighted by atomic mass is 19.1. The average Bonchev–Trinajstić information content (AvgIpc) is 3.44. The third-order valence-corrected chi connectivity index (χ3v) is 9.62. The quantitative estimate of drug-likeness (QED) is 0.296. The minimum atomic E-state index is -0.725. The minimum absolute atomic E-state index is 0.00480. The van der Waals surface area contributed by atoms with Crippen molar-refractivity contribution in [3.05, 3.63) is 47.7 Å². The topological polar surface area (TPSA) is 108 Å². The summed E-state index contributed by atoms with van der Waals surface area (Å²) in [5, 5.41) is 21.7. The van der Waals surface area contributed by atoms with E-state index in [1.807, 2.05) is 11.8 Å². The number of anilines is 1. The molecule has 3 aliphatic rings. The molecule has 4 aromatic rings. The van der Waals surface area contributed by atoms with Gasteiger partial charge in [0.05, 0.1) is 36.1 Å². The third-order valence-electron chi connectivity index (χ3n) is 9.62. The highest BCUT2D eigenvalue weighted by Crippen LogP contribution is 2.42. The van der Waals surface area contributed by atoms with E-state index in [2.05, 4.69) is 27.9 Å². The van der Waals surface area contributed by atoms with Crippen molar-refractivity contribution in [2.45, 2.75) is 45.1 Å². The summed E-state index contributed by atoms with van der Waals surface area (Å²) >= 11 is 0.